The van der Waals surface area contributed by atoms with E-state index in [1.54, 1.807) is 0 Å². The third-order valence-electron chi connectivity index (χ3n) is 3.12. The van der Waals surface area contributed by atoms with Gasteiger partial charge >= 0.3 is 0 Å². The summed E-state index contributed by atoms with van der Waals surface area (Å²) >= 11 is 5.86. The minimum absolute atomic E-state index is 0.0755. The summed E-state index contributed by atoms with van der Waals surface area (Å²) in [5.74, 6) is -1.07. The van der Waals surface area contributed by atoms with Crippen molar-refractivity contribution in [2.45, 2.75) is 39.8 Å². The molecule has 0 bridgehead atoms. The van der Waals surface area contributed by atoms with Crippen molar-refractivity contribution in [2.75, 3.05) is 10.6 Å². The first-order chi connectivity index (χ1) is 10.6. The number of nitrogens with one attached hydrogen (secondary N) is 2. The lowest BCUT2D eigenvalue weighted by molar-refractivity contribution is -0.120. The van der Waals surface area contributed by atoms with Gasteiger partial charge in [0.2, 0.25) is 29.0 Å². The van der Waals surface area contributed by atoms with Gasteiger partial charge in [0.15, 0.2) is 0 Å². The molecule has 1 aromatic rings. The van der Waals surface area contributed by atoms with E-state index in [0.29, 0.717) is 0 Å². The van der Waals surface area contributed by atoms with E-state index >= 15 is 0 Å². The summed E-state index contributed by atoms with van der Waals surface area (Å²) in [5.41, 5.74) is 10.7. The quantitative estimate of drug-likeness (QED) is 0.532. The molecule has 23 heavy (non-hydrogen) atoms. The maximum absolute atomic E-state index is 11.5. The number of amides is 2. The number of rotatable bonds is 8. The van der Waals surface area contributed by atoms with Crippen LogP contribution in [-0.2, 0) is 9.59 Å². The summed E-state index contributed by atoms with van der Waals surface area (Å²) in [6.45, 7) is 7.30. The lowest BCUT2D eigenvalue weighted by atomic mass is 10.0. The van der Waals surface area contributed by atoms with Gasteiger partial charge in [-0.2, -0.15) is 15.0 Å². The highest BCUT2D eigenvalue weighted by Crippen LogP contribution is 2.15. The maximum Gasteiger partial charge on any atom is 0.240 e. The first-order valence-corrected chi connectivity index (χ1v) is 7.52. The minimum atomic E-state index is -0.668. The number of nitrogens with two attached hydrogens (primary N) is 2. The van der Waals surface area contributed by atoms with Crippen molar-refractivity contribution in [3.8, 4) is 0 Å². The fourth-order valence-electron chi connectivity index (χ4n) is 1.89. The van der Waals surface area contributed by atoms with Gasteiger partial charge in [-0.3, -0.25) is 9.59 Å². The fourth-order valence-corrected chi connectivity index (χ4v) is 2.05. The van der Waals surface area contributed by atoms with Gasteiger partial charge < -0.3 is 22.1 Å². The summed E-state index contributed by atoms with van der Waals surface area (Å²) < 4.78 is 0. The smallest absolute Gasteiger partial charge is 0.240 e. The van der Waals surface area contributed by atoms with Crippen LogP contribution in [0.15, 0.2) is 0 Å². The van der Waals surface area contributed by atoms with Crippen molar-refractivity contribution in [1.82, 2.24) is 15.0 Å². The molecular formula is C13H22ClN7O2. The van der Waals surface area contributed by atoms with Gasteiger partial charge in [0, 0.05) is 0 Å². The van der Waals surface area contributed by atoms with Gasteiger partial charge in [-0.1, -0.05) is 27.7 Å². The van der Waals surface area contributed by atoms with E-state index in [1.807, 2.05) is 27.7 Å². The zero-order valence-electron chi connectivity index (χ0n) is 13.5. The van der Waals surface area contributed by atoms with Crippen LogP contribution in [0.5, 0.6) is 0 Å². The van der Waals surface area contributed by atoms with Crippen LogP contribution in [0, 0.1) is 11.8 Å². The molecule has 2 amide bonds. The molecule has 0 saturated carbocycles. The third-order valence-corrected chi connectivity index (χ3v) is 3.29. The number of aromatic nitrogens is 3. The van der Waals surface area contributed by atoms with E-state index < -0.39 is 23.9 Å². The van der Waals surface area contributed by atoms with Crippen molar-refractivity contribution < 1.29 is 9.59 Å². The maximum atomic E-state index is 11.5. The zero-order valence-corrected chi connectivity index (χ0v) is 14.3. The topological polar surface area (TPSA) is 149 Å². The molecule has 9 nitrogen and oxygen atoms in total. The highest BCUT2D eigenvalue weighted by Gasteiger charge is 2.23. The van der Waals surface area contributed by atoms with Crippen LogP contribution in [0.3, 0.4) is 0 Å². The summed E-state index contributed by atoms with van der Waals surface area (Å²) in [5, 5.41) is 5.53. The molecule has 1 aromatic heterocycles. The summed E-state index contributed by atoms with van der Waals surface area (Å²) in [6, 6.07) is -1.34. The SMILES string of the molecule is CC(C)[C@@H](Nc1nc(Cl)nc(N[C@@H](C(N)=O)C(C)C)n1)C(N)=O. The van der Waals surface area contributed by atoms with Crippen LogP contribution in [0.25, 0.3) is 0 Å². The van der Waals surface area contributed by atoms with Gasteiger partial charge in [0.25, 0.3) is 0 Å². The van der Waals surface area contributed by atoms with E-state index in [-0.39, 0.29) is 29.0 Å². The average Bonchev–Trinajstić information content (AvgIpc) is 2.40. The number of nitrogens with zero attached hydrogens (tertiary/aromatic N) is 3. The van der Waals surface area contributed by atoms with Gasteiger partial charge in [0.05, 0.1) is 0 Å². The number of carbonyl (C=O) groups excluding carboxylic acids is 2. The van der Waals surface area contributed by atoms with Crippen molar-refractivity contribution in [1.29, 1.82) is 0 Å². The van der Waals surface area contributed by atoms with Gasteiger partial charge in [-0.05, 0) is 23.4 Å². The van der Waals surface area contributed by atoms with Crippen molar-refractivity contribution in [3.63, 3.8) is 0 Å². The molecule has 0 unspecified atom stereocenters. The second kappa shape index (κ2) is 7.91. The zero-order chi connectivity index (χ0) is 17.7. The van der Waals surface area contributed by atoms with Crippen molar-refractivity contribution in [2.24, 2.45) is 23.3 Å². The first-order valence-electron chi connectivity index (χ1n) is 7.15. The molecule has 0 spiro atoms. The third kappa shape index (κ3) is 5.51. The molecule has 128 valence electrons. The van der Waals surface area contributed by atoms with Crippen LogP contribution < -0.4 is 22.1 Å². The monoisotopic (exact) mass is 343 g/mol. The van der Waals surface area contributed by atoms with Gasteiger partial charge in [-0.25, -0.2) is 0 Å². The molecule has 0 aromatic carbocycles. The predicted octanol–water partition coefficient (Wildman–Crippen LogP) is 0.369. The molecule has 6 N–H and O–H groups in total. The molecule has 0 radical (unpaired) electrons. The molecule has 0 saturated heterocycles. The number of carbonyl (C=O) groups is 2. The minimum Gasteiger partial charge on any atom is -0.368 e. The van der Waals surface area contributed by atoms with Crippen LogP contribution >= 0.6 is 11.6 Å². The Kier molecular flexibility index (Phi) is 6.49. The van der Waals surface area contributed by atoms with Crippen molar-refractivity contribution >= 4 is 35.3 Å². The highest BCUT2D eigenvalue weighted by molar-refractivity contribution is 6.28. The van der Waals surface area contributed by atoms with Crippen molar-refractivity contribution in [3.05, 3.63) is 5.28 Å². The van der Waals surface area contributed by atoms with E-state index in [1.165, 1.54) is 0 Å². The number of hydrogen-bond donors (Lipinski definition) is 4. The van der Waals surface area contributed by atoms with E-state index in [0.717, 1.165) is 0 Å². The molecule has 1 heterocycles. The lowest BCUT2D eigenvalue weighted by Crippen LogP contribution is -2.41. The van der Waals surface area contributed by atoms with Crippen LogP contribution in [0.4, 0.5) is 11.9 Å². The Bertz CT molecular complexity index is 533. The highest BCUT2D eigenvalue weighted by atomic mass is 35.5. The Hall–Kier alpha value is -2.16. The Morgan fingerprint density at radius 3 is 1.48 bits per heavy atom. The summed E-state index contributed by atoms with van der Waals surface area (Å²) in [7, 11) is 0. The second-order valence-electron chi connectivity index (χ2n) is 5.79. The Morgan fingerprint density at radius 2 is 1.22 bits per heavy atom. The first kappa shape index (κ1) is 18.9. The molecule has 0 fully saturated rings. The lowest BCUT2D eigenvalue weighted by Gasteiger charge is -2.21. The van der Waals surface area contributed by atoms with Crippen LogP contribution in [0.2, 0.25) is 5.28 Å². The van der Waals surface area contributed by atoms with E-state index in [9.17, 15) is 9.59 Å². The Morgan fingerprint density at radius 1 is 0.870 bits per heavy atom. The largest absolute Gasteiger partial charge is 0.368 e. The summed E-state index contributed by atoms with van der Waals surface area (Å²) in [4.78, 5) is 34.8. The molecule has 0 aliphatic rings. The fraction of sp³-hybridized carbons (Fsp3) is 0.615. The summed E-state index contributed by atoms with van der Waals surface area (Å²) in [6.07, 6.45) is 0. The molecule has 1 rings (SSSR count). The average molecular weight is 344 g/mol. The van der Waals surface area contributed by atoms with Crippen LogP contribution in [0.1, 0.15) is 27.7 Å². The number of primary amides is 2. The van der Waals surface area contributed by atoms with E-state index in [2.05, 4.69) is 25.6 Å². The predicted molar refractivity (Wildman–Crippen MR) is 87.7 cm³/mol. The molecule has 2 atom stereocenters. The molecule has 0 aliphatic heterocycles. The Balaban J connectivity index is 3.03. The normalized spacial score (nSPS) is 13.7. The van der Waals surface area contributed by atoms with Crippen LogP contribution in [-0.4, -0.2) is 38.8 Å². The molecule has 0 aliphatic carbocycles. The number of halogens is 1. The standard InChI is InChI=1S/C13H22ClN7O2/c1-5(2)7(9(15)22)17-12-19-11(14)20-13(21-12)18-8(6(3)4)10(16)23/h5-8H,1-4H3,(H2,15,22)(H2,16,23)(H2,17,18,19,20,21)/t7-,8-/m1/s1. The van der Waals surface area contributed by atoms with Gasteiger partial charge in [-0.15, -0.1) is 0 Å². The number of anilines is 2. The second-order valence-corrected chi connectivity index (χ2v) is 6.13. The molecule has 10 heteroatoms. The van der Waals surface area contributed by atoms with Gasteiger partial charge in [0.1, 0.15) is 12.1 Å². The van der Waals surface area contributed by atoms with E-state index in [4.69, 9.17) is 23.1 Å². The Labute approximate surface area is 139 Å². The molecular weight excluding hydrogens is 322 g/mol. The number of hydrogen-bond acceptors (Lipinski definition) is 7.